The van der Waals surface area contributed by atoms with Crippen molar-refractivity contribution in [3.05, 3.63) is 54.1 Å². The molecule has 295 valence electrons. The van der Waals surface area contributed by atoms with Gasteiger partial charge in [0, 0.05) is 63.6 Å². The number of carboxylic acid groups (broad SMARTS) is 1. The number of hydrogen-bond donors (Lipinski definition) is 9. The van der Waals surface area contributed by atoms with E-state index in [1.54, 1.807) is 48.2 Å². The van der Waals surface area contributed by atoms with Crippen LogP contribution in [0.25, 0.3) is 22.5 Å². The number of carbonyl (C=O) groups excluding carboxylic acids is 2. The SMILES string of the molecule is CCC(=O)N1Cc2ccccc2-c2c(nnn2CC(O)C(O)C2OC(OCC3OC(O)C(O)C(O)C3O)(C(=O)O)CC(O)C2NC(C)=O)-c2ccccc21.[Y]. The van der Waals surface area contributed by atoms with Crippen LogP contribution in [0.4, 0.5) is 5.69 Å². The fourth-order valence-electron chi connectivity index (χ4n) is 7.10. The first kappa shape index (κ1) is 42.8. The zero-order valence-electron chi connectivity index (χ0n) is 29.8. The topological polar surface area (TPSA) is 287 Å². The summed E-state index contributed by atoms with van der Waals surface area (Å²) in [6.45, 7) is 1.78. The van der Waals surface area contributed by atoms with Crippen molar-refractivity contribution in [1.29, 1.82) is 0 Å². The molecule has 3 aliphatic heterocycles. The first-order valence-corrected chi connectivity index (χ1v) is 17.3. The Bertz CT molecular complexity index is 1870. The van der Waals surface area contributed by atoms with Crippen LogP contribution < -0.4 is 10.2 Å². The fraction of sp³-hybridized carbons (Fsp3) is 0.514. The van der Waals surface area contributed by atoms with Crippen LogP contribution >= 0.6 is 0 Å². The second-order valence-electron chi connectivity index (χ2n) is 13.5. The van der Waals surface area contributed by atoms with Gasteiger partial charge in [-0.1, -0.05) is 54.6 Å². The molecular weight excluding hydrogens is 803 g/mol. The molecule has 11 atom stereocenters. The van der Waals surface area contributed by atoms with Crippen molar-refractivity contribution in [2.75, 3.05) is 11.5 Å². The third-order valence-electron chi connectivity index (χ3n) is 9.92. The summed E-state index contributed by atoms with van der Waals surface area (Å²) in [5, 5.41) is 96.0. The number of aliphatic carboxylic acids is 1. The summed E-state index contributed by atoms with van der Waals surface area (Å²) >= 11 is 0. The predicted molar refractivity (Wildman–Crippen MR) is 183 cm³/mol. The van der Waals surface area contributed by atoms with Crippen molar-refractivity contribution >= 4 is 23.5 Å². The van der Waals surface area contributed by atoms with E-state index < -0.39 is 98.4 Å². The smallest absolute Gasteiger partial charge is 0.364 e. The molecule has 4 heterocycles. The van der Waals surface area contributed by atoms with Crippen LogP contribution in [0.2, 0.25) is 0 Å². The number of rotatable bonds is 10. The van der Waals surface area contributed by atoms with Gasteiger partial charge in [-0.05, 0) is 11.6 Å². The van der Waals surface area contributed by atoms with Crippen LogP contribution in [0.15, 0.2) is 48.5 Å². The number of aliphatic hydroxyl groups is 7. The summed E-state index contributed by atoms with van der Waals surface area (Å²) in [5.41, 5.74) is 3.37. The number of carboxylic acids is 1. The number of anilines is 1. The number of para-hydroxylation sites is 1. The van der Waals surface area contributed by atoms with Gasteiger partial charge in [-0.25, -0.2) is 9.48 Å². The summed E-state index contributed by atoms with van der Waals surface area (Å²) in [4.78, 5) is 39.7. The number of aromatic nitrogens is 3. The largest absolute Gasteiger partial charge is 0.477 e. The minimum absolute atomic E-state index is 0. The Hall–Kier alpha value is -3.31. The first-order valence-electron chi connectivity index (χ1n) is 17.3. The van der Waals surface area contributed by atoms with E-state index in [2.05, 4.69) is 15.6 Å². The van der Waals surface area contributed by atoms with E-state index in [0.29, 0.717) is 28.2 Å². The Balaban J connectivity index is 0.00000580. The summed E-state index contributed by atoms with van der Waals surface area (Å²) < 4.78 is 17.8. The Morgan fingerprint density at radius 2 is 1.67 bits per heavy atom. The second-order valence-corrected chi connectivity index (χ2v) is 13.5. The molecule has 2 amide bonds. The van der Waals surface area contributed by atoms with E-state index in [0.717, 1.165) is 12.5 Å². The normalized spacial score (nSPS) is 29.9. The molecule has 1 radical (unpaired) electrons. The van der Waals surface area contributed by atoms with Crippen LogP contribution in [0.3, 0.4) is 0 Å². The van der Waals surface area contributed by atoms with Crippen molar-refractivity contribution in [1.82, 2.24) is 20.3 Å². The third kappa shape index (κ3) is 8.39. The molecule has 6 rings (SSSR count). The molecular formula is C35H43N5O14Y. The van der Waals surface area contributed by atoms with E-state index in [1.165, 1.54) is 4.68 Å². The van der Waals surface area contributed by atoms with Crippen LogP contribution in [0.1, 0.15) is 32.3 Å². The van der Waals surface area contributed by atoms with Crippen LogP contribution in [-0.2, 0) is 74.4 Å². The molecule has 9 N–H and O–H groups in total. The van der Waals surface area contributed by atoms with E-state index >= 15 is 0 Å². The Morgan fingerprint density at radius 1 is 1.00 bits per heavy atom. The molecule has 3 aromatic rings. The molecule has 0 spiro atoms. The fourth-order valence-corrected chi connectivity index (χ4v) is 7.10. The molecule has 11 unspecified atom stereocenters. The standard InChI is InChI=1S/C35H43N5O14.Y/c1-3-24(44)39-13-17-8-4-5-9-18(17)27-25(19-10-6-7-11-20(19)39)37-38-40(27)14-22(43)28(45)32-26(36-16(2)41)21(42)12-35(54-32,34(50)51)52-15-23-29(46)30(47)31(48)33(49)53-23;/h4-11,21-23,26,28-33,42-43,45-49H,3,12-15H2,1-2H3,(H,36,41)(H,50,51);. The maximum atomic E-state index is 13.1. The van der Waals surface area contributed by atoms with Crippen molar-refractivity contribution in [2.24, 2.45) is 0 Å². The number of ether oxygens (including phenoxy) is 3. The van der Waals surface area contributed by atoms with Gasteiger partial charge in [0.1, 0.15) is 48.4 Å². The molecule has 2 fully saturated rings. The van der Waals surface area contributed by atoms with E-state index in [-0.39, 0.29) is 51.6 Å². The minimum Gasteiger partial charge on any atom is -0.477 e. The van der Waals surface area contributed by atoms with E-state index in [1.807, 2.05) is 12.1 Å². The number of hydrogen-bond acceptors (Lipinski definition) is 15. The maximum absolute atomic E-state index is 13.1. The number of fused-ring (bicyclic) bond motifs is 5. The van der Waals surface area contributed by atoms with Crippen LogP contribution in [0, 0.1) is 0 Å². The molecule has 2 saturated heterocycles. The molecule has 19 nitrogen and oxygen atoms in total. The van der Waals surface area contributed by atoms with Gasteiger partial charge < -0.3 is 65.3 Å². The van der Waals surface area contributed by atoms with Gasteiger partial charge in [0.05, 0.1) is 43.2 Å². The quantitative estimate of drug-likeness (QED) is 0.105. The van der Waals surface area contributed by atoms with Gasteiger partial charge >= 0.3 is 5.97 Å². The number of amides is 2. The predicted octanol–water partition coefficient (Wildman–Crippen LogP) is -2.16. The van der Waals surface area contributed by atoms with Gasteiger partial charge in [0.2, 0.25) is 11.8 Å². The van der Waals surface area contributed by atoms with Gasteiger partial charge in [-0.2, -0.15) is 0 Å². The summed E-state index contributed by atoms with van der Waals surface area (Å²) in [5.74, 6) is -5.37. The average Bonchev–Trinajstić information content (AvgIpc) is 3.55. The van der Waals surface area contributed by atoms with Gasteiger partial charge in [0.25, 0.3) is 5.79 Å². The first-order chi connectivity index (χ1) is 25.7. The summed E-state index contributed by atoms with van der Waals surface area (Å²) in [6, 6.07) is 12.9. The second kappa shape index (κ2) is 17.5. The Morgan fingerprint density at radius 3 is 2.35 bits per heavy atom. The number of benzene rings is 2. The zero-order valence-corrected chi connectivity index (χ0v) is 32.7. The van der Waals surface area contributed by atoms with Crippen molar-refractivity contribution < 1.29 is 102 Å². The maximum Gasteiger partial charge on any atom is 0.364 e. The molecule has 0 bridgehead atoms. The number of nitrogens with one attached hydrogen (secondary N) is 1. The molecule has 20 heteroatoms. The van der Waals surface area contributed by atoms with Crippen molar-refractivity contribution in [3.63, 3.8) is 0 Å². The molecule has 55 heavy (non-hydrogen) atoms. The number of aliphatic hydroxyl groups excluding tert-OH is 7. The monoisotopic (exact) mass is 846 g/mol. The third-order valence-corrected chi connectivity index (χ3v) is 9.92. The molecule has 1 aromatic heterocycles. The zero-order chi connectivity index (χ0) is 39.1. The van der Waals surface area contributed by atoms with Gasteiger partial charge in [-0.15, -0.1) is 5.10 Å². The van der Waals surface area contributed by atoms with Crippen molar-refractivity contribution in [2.45, 2.75) is 107 Å². The molecule has 0 aliphatic carbocycles. The van der Waals surface area contributed by atoms with Crippen LogP contribution in [0.5, 0.6) is 0 Å². The van der Waals surface area contributed by atoms with E-state index in [9.17, 15) is 55.2 Å². The minimum atomic E-state index is -2.78. The summed E-state index contributed by atoms with van der Waals surface area (Å²) in [7, 11) is 0. The van der Waals surface area contributed by atoms with Gasteiger partial charge in [0.15, 0.2) is 6.29 Å². The summed E-state index contributed by atoms with van der Waals surface area (Å²) in [6.07, 6.45) is -17.1. The number of nitrogens with zero attached hydrogens (tertiary/aromatic N) is 4. The average molecular weight is 847 g/mol. The molecule has 0 saturated carbocycles. The van der Waals surface area contributed by atoms with E-state index in [4.69, 9.17) is 14.2 Å². The van der Waals surface area contributed by atoms with Crippen LogP contribution in [-0.4, -0.2) is 147 Å². The number of carbonyl (C=O) groups is 3. The molecule has 3 aliphatic rings. The Kier molecular flexibility index (Phi) is 13.6. The van der Waals surface area contributed by atoms with Gasteiger partial charge in [-0.3, -0.25) is 9.59 Å². The Labute approximate surface area is 339 Å². The molecule has 2 aromatic carbocycles. The van der Waals surface area contributed by atoms with Crippen molar-refractivity contribution in [3.8, 4) is 22.5 Å².